The molecule has 0 aromatic heterocycles. The summed E-state index contributed by atoms with van der Waals surface area (Å²) in [7, 11) is 4.18. The molecule has 0 fully saturated rings. The topological polar surface area (TPSA) is 15.3 Å². The lowest BCUT2D eigenvalue weighted by Gasteiger charge is -2.23. The van der Waals surface area contributed by atoms with Crippen LogP contribution >= 0.6 is 0 Å². The molecule has 0 radical (unpaired) electrons. The Labute approximate surface area is 112 Å². The van der Waals surface area contributed by atoms with Gasteiger partial charge in [0.15, 0.2) is 0 Å². The molecule has 102 valence electrons. The van der Waals surface area contributed by atoms with E-state index in [0.29, 0.717) is 0 Å². The van der Waals surface area contributed by atoms with E-state index in [1.165, 1.54) is 24.1 Å². The van der Waals surface area contributed by atoms with Gasteiger partial charge < -0.3 is 10.2 Å². The molecule has 0 aliphatic heterocycles. The molecule has 0 spiro atoms. The highest BCUT2D eigenvalue weighted by atomic mass is 15.1. The molecule has 0 saturated heterocycles. The summed E-state index contributed by atoms with van der Waals surface area (Å²) < 4.78 is 0. The van der Waals surface area contributed by atoms with Gasteiger partial charge in [0.25, 0.3) is 0 Å². The van der Waals surface area contributed by atoms with Gasteiger partial charge in [0.2, 0.25) is 0 Å². The second kappa shape index (κ2) is 6.79. The van der Waals surface area contributed by atoms with Gasteiger partial charge in [0, 0.05) is 19.3 Å². The lowest BCUT2D eigenvalue weighted by molar-refractivity contribution is 0.590. The van der Waals surface area contributed by atoms with Crippen molar-refractivity contribution in [2.45, 2.75) is 39.0 Å². The molecule has 1 aromatic carbocycles. The van der Waals surface area contributed by atoms with E-state index in [4.69, 9.17) is 0 Å². The Bertz CT molecular complexity index is 335. The van der Waals surface area contributed by atoms with Crippen LogP contribution in [0.1, 0.15) is 39.2 Å². The standard InChI is InChI=1S/C16H28N2/c1-16(2,3)14-8-10-15(11-9-14)18(5)13-7-6-12-17-4/h8-11,17H,6-7,12-13H2,1-5H3. The predicted molar refractivity (Wildman–Crippen MR) is 81.6 cm³/mol. The summed E-state index contributed by atoms with van der Waals surface area (Å²) in [6.45, 7) is 8.99. The van der Waals surface area contributed by atoms with Crippen molar-refractivity contribution in [3.05, 3.63) is 29.8 Å². The third kappa shape index (κ3) is 4.69. The molecule has 18 heavy (non-hydrogen) atoms. The zero-order valence-corrected chi connectivity index (χ0v) is 12.6. The normalized spacial score (nSPS) is 11.6. The Morgan fingerprint density at radius 3 is 2.17 bits per heavy atom. The maximum absolute atomic E-state index is 3.19. The Balaban J connectivity index is 2.51. The van der Waals surface area contributed by atoms with Gasteiger partial charge in [-0.05, 0) is 49.5 Å². The van der Waals surface area contributed by atoms with Gasteiger partial charge in [0.1, 0.15) is 0 Å². The van der Waals surface area contributed by atoms with Gasteiger partial charge in [-0.3, -0.25) is 0 Å². The minimum atomic E-state index is 0.240. The van der Waals surface area contributed by atoms with Gasteiger partial charge in [-0.25, -0.2) is 0 Å². The van der Waals surface area contributed by atoms with Gasteiger partial charge in [-0.1, -0.05) is 32.9 Å². The van der Waals surface area contributed by atoms with Crippen LogP contribution in [0.2, 0.25) is 0 Å². The molecule has 0 amide bonds. The van der Waals surface area contributed by atoms with Crippen LogP contribution in [0, 0.1) is 0 Å². The van der Waals surface area contributed by atoms with E-state index in [0.717, 1.165) is 13.1 Å². The highest BCUT2D eigenvalue weighted by Gasteiger charge is 2.13. The number of hydrogen-bond acceptors (Lipinski definition) is 2. The van der Waals surface area contributed by atoms with Crippen LogP contribution in [-0.4, -0.2) is 27.2 Å². The average Bonchev–Trinajstić information content (AvgIpc) is 2.33. The zero-order valence-electron chi connectivity index (χ0n) is 12.6. The van der Waals surface area contributed by atoms with Gasteiger partial charge in [0.05, 0.1) is 0 Å². The first kappa shape index (κ1) is 15.0. The van der Waals surface area contributed by atoms with Crippen molar-refractivity contribution in [3.63, 3.8) is 0 Å². The molecule has 1 rings (SSSR count). The number of nitrogens with zero attached hydrogens (tertiary/aromatic N) is 1. The van der Waals surface area contributed by atoms with Crippen LogP contribution in [0.25, 0.3) is 0 Å². The predicted octanol–water partition coefficient (Wildman–Crippen LogP) is 3.42. The first-order valence-corrected chi connectivity index (χ1v) is 6.91. The summed E-state index contributed by atoms with van der Waals surface area (Å²) in [6.07, 6.45) is 2.47. The van der Waals surface area contributed by atoms with Crippen LogP contribution < -0.4 is 10.2 Å². The number of anilines is 1. The van der Waals surface area contributed by atoms with E-state index in [1.807, 2.05) is 7.05 Å². The lowest BCUT2D eigenvalue weighted by atomic mass is 9.87. The van der Waals surface area contributed by atoms with Gasteiger partial charge in [-0.2, -0.15) is 0 Å². The van der Waals surface area contributed by atoms with Crippen LogP contribution in [0.5, 0.6) is 0 Å². The van der Waals surface area contributed by atoms with E-state index in [1.54, 1.807) is 0 Å². The summed E-state index contributed by atoms with van der Waals surface area (Å²) in [6, 6.07) is 8.97. The van der Waals surface area contributed by atoms with Crippen molar-refractivity contribution in [2.75, 3.05) is 32.1 Å². The number of rotatable bonds is 6. The largest absolute Gasteiger partial charge is 0.375 e. The Morgan fingerprint density at radius 2 is 1.67 bits per heavy atom. The molecule has 0 unspecified atom stereocenters. The fourth-order valence-corrected chi connectivity index (χ4v) is 2.00. The monoisotopic (exact) mass is 248 g/mol. The number of hydrogen-bond donors (Lipinski definition) is 1. The highest BCUT2D eigenvalue weighted by Crippen LogP contribution is 2.24. The molecular weight excluding hydrogens is 220 g/mol. The van der Waals surface area contributed by atoms with E-state index in [2.05, 4.69) is 62.3 Å². The lowest BCUT2D eigenvalue weighted by Crippen LogP contribution is -2.20. The average molecular weight is 248 g/mol. The summed E-state index contributed by atoms with van der Waals surface area (Å²) >= 11 is 0. The maximum Gasteiger partial charge on any atom is 0.0363 e. The van der Waals surface area contributed by atoms with Crippen molar-refractivity contribution >= 4 is 5.69 Å². The molecule has 0 saturated carbocycles. The van der Waals surface area contributed by atoms with Crippen LogP contribution in [0.3, 0.4) is 0 Å². The Hall–Kier alpha value is -1.02. The molecule has 1 aromatic rings. The molecule has 2 heteroatoms. The fourth-order valence-electron chi connectivity index (χ4n) is 2.00. The van der Waals surface area contributed by atoms with Crippen molar-refractivity contribution in [1.82, 2.24) is 5.32 Å². The highest BCUT2D eigenvalue weighted by molar-refractivity contribution is 5.47. The van der Waals surface area contributed by atoms with Crippen LogP contribution in [0.15, 0.2) is 24.3 Å². The third-order valence-electron chi connectivity index (χ3n) is 3.34. The summed E-state index contributed by atoms with van der Waals surface area (Å²) in [5.74, 6) is 0. The van der Waals surface area contributed by atoms with Crippen molar-refractivity contribution < 1.29 is 0 Å². The summed E-state index contributed by atoms with van der Waals surface area (Å²) in [5.41, 5.74) is 2.95. The maximum atomic E-state index is 3.19. The van der Waals surface area contributed by atoms with Gasteiger partial charge in [-0.15, -0.1) is 0 Å². The molecule has 2 nitrogen and oxygen atoms in total. The molecule has 0 aliphatic carbocycles. The molecule has 1 N–H and O–H groups in total. The molecule has 0 bridgehead atoms. The van der Waals surface area contributed by atoms with Crippen LogP contribution in [0.4, 0.5) is 5.69 Å². The van der Waals surface area contributed by atoms with Crippen molar-refractivity contribution in [1.29, 1.82) is 0 Å². The van der Waals surface area contributed by atoms with Crippen molar-refractivity contribution in [2.24, 2.45) is 0 Å². The minimum Gasteiger partial charge on any atom is -0.375 e. The smallest absolute Gasteiger partial charge is 0.0363 e. The van der Waals surface area contributed by atoms with E-state index in [-0.39, 0.29) is 5.41 Å². The van der Waals surface area contributed by atoms with Crippen molar-refractivity contribution in [3.8, 4) is 0 Å². The Kier molecular flexibility index (Phi) is 5.67. The molecular formula is C16H28N2. The molecule has 0 atom stereocenters. The number of unbranched alkanes of at least 4 members (excludes halogenated alkanes) is 1. The second-order valence-corrected chi connectivity index (χ2v) is 6.03. The Morgan fingerprint density at radius 1 is 1.06 bits per heavy atom. The SMILES string of the molecule is CNCCCCN(C)c1ccc(C(C)(C)C)cc1. The van der Waals surface area contributed by atoms with E-state index in [9.17, 15) is 0 Å². The minimum absolute atomic E-state index is 0.240. The summed E-state index contributed by atoms with van der Waals surface area (Å²) in [5, 5.41) is 3.19. The first-order valence-electron chi connectivity index (χ1n) is 6.91. The first-order chi connectivity index (χ1) is 8.45. The van der Waals surface area contributed by atoms with Crippen LogP contribution in [-0.2, 0) is 5.41 Å². The van der Waals surface area contributed by atoms with E-state index >= 15 is 0 Å². The summed E-state index contributed by atoms with van der Waals surface area (Å²) in [4.78, 5) is 2.34. The number of benzene rings is 1. The third-order valence-corrected chi connectivity index (χ3v) is 3.34. The second-order valence-electron chi connectivity index (χ2n) is 6.03. The molecule has 0 aliphatic rings. The zero-order chi connectivity index (χ0) is 13.6. The van der Waals surface area contributed by atoms with E-state index < -0.39 is 0 Å². The quantitative estimate of drug-likeness (QED) is 0.776. The van der Waals surface area contributed by atoms with Gasteiger partial charge >= 0.3 is 0 Å². The fraction of sp³-hybridized carbons (Fsp3) is 0.625. The molecule has 0 heterocycles. The number of nitrogens with one attached hydrogen (secondary N) is 1.